The van der Waals surface area contributed by atoms with Gasteiger partial charge >= 0.3 is 0 Å². The van der Waals surface area contributed by atoms with Gasteiger partial charge < -0.3 is 19.5 Å². The number of nitrogens with one attached hydrogen (secondary N) is 1. The van der Waals surface area contributed by atoms with Crippen LogP contribution in [0, 0.1) is 0 Å². The van der Waals surface area contributed by atoms with E-state index < -0.39 is 0 Å². The van der Waals surface area contributed by atoms with Crippen LogP contribution < -0.4 is 19.5 Å². The van der Waals surface area contributed by atoms with Gasteiger partial charge in [-0.3, -0.25) is 4.79 Å². The Morgan fingerprint density at radius 2 is 1.88 bits per heavy atom. The molecule has 3 rings (SSSR count). The molecule has 0 saturated heterocycles. The first kappa shape index (κ1) is 16.2. The Morgan fingerprint density at radius 3 is 2.67 bits per heavy atom. The fraction of sp³-hybridized carbons (Fsp3) is 0.316. The standard InChI is InChI=1S/C19H21NO4/c1-22-16-8-5-14(6-9-16)4-2-3-11-20-19(21)15-7-10-17-18(12-15)24-13-23-17/h5-10,12H,2-4,11,13H2,1H3,(H,20,21). The molecule has 0 radical (unpaired) electrons. The Hall–Kier alpha value is -2.69. The Labute approximate surface area is 141 Å². The van der Waals surface area contributed by atoms with Crippen LogP contribution in [0.15, 0.2) is 42.5 Å². The summed E-state index contributed by atoms with van der Waals surface area (Å²) in [6.45, 7) is 0.870. The summed E-state index contributed by atoms with van der Waals surface area (Å²) in [4.78, 5) is 12.1. The van der Waals surface area contributed by atoms with Gasteiger partial charge in [0.05, 0.1) is 7.11 Å². The molecular formula is C19H21NO4. The van der Waals surface area contributed by atoms with E-state index in [1.807, 2.05) is 12.1 Å². The van der Waals surface area contributed by atoms with Gasteiger partial charge in [-0.25, -0.2) is 0 Å². The number of carbonyl (C=O) groups excluding carboxylic acids is 1. The van der Waals surface area contributed by atoms with Crippen molar-refractivity contribution in [1.29, 1.82) is 0 Å². The minimum atomic E-state index is -0.0854. The lowest BCUT2D eigenvalue weighted by atomic mass is 10.1. The highest BCUT2D eigenvalue weighted by molar-refractivity contribution is 5.94. The topological polar surface area (TPSA) is 56.8 Å². The molecule has 2 aromatic carbocycles. The zero-order valence-electron chi connectivity index (χ0n) is 13.7. The van der Waals surface area contributed by atoms with Crippen molar-refractivity contribution in [2.45, 2.75) is 19.3 Å². The molecule has 5 nitrogen and oxygen atoms in total. The maximum Gasteiger partial charge on any atom is 0.251 e. The van der Waals surface area contributed by atoms with Crippen LogP contribution in [0.1, 0.15) is 28.8 Å². The Kier molecular flexibility index (Phi) is 5.21. The number of rotatable bonds is 7. The summed E-state index contributed by atoms with van der Waals surface area (Å²) in [5.74, 6) is 2.10. The van der Waals surface area contributed by atoms with Crippen molar-refractivity contribution in [3.05, 3.63) is 53.6 Å². The number of methoxy groups -OCH3 is 1. The maximum absolute atomic E-state index is 12.1. The number of hydrogen-bond donors (Lipinski definition) is 1. The monoisotopic (exact) mass is 327 g/mol. The van der Waals surface area contributed by atoms with E-state index in [1.165, 1.54) is 5.56 Å². The maximum atomic E-state index is 12.1. The van der Waals surface area contributed by atoms with Gasteiger partial charge in [0.15, 0.2) is 11.5 Å². The van der Waals surface area contributed by atoms with Gasteiger partial charge in [-0.1, -0.05) is 12.1 Å². The largest absolute Gasteiger partial charge is 0.497 e. The first-order chi connectivity index (χ1) is 11.8. The molecule has 1 aliphatic heterocycles. The SMILES string of the molecule is COc1ccc(CCCCNC(=O)c2ccc3c(c2)OCO3)cc1. The highest BCUT2D eigenvalue weighted by Gasteiger charge is 2.15. The molecule has 5 heteroatoms. The molecule has 0 bridgehead atoms. The predicted octanol–water partition coefficient (Wildman–Crippen LogP) is 3.18. The second-order valence-electron chi connectivity index (χ2n) is 5.63. The Bertz CT molecular complexity index is 697. The molecule has 0 saturated carbocycles. The number of fused-ring (bicyclic) bond motifs is 1. The number of ether oxygens (including phenoxy) is 3. The summed E-state index contributed by atoms with van der Waals surface area (Å²) in [6, 6.07) is 13.3. The Morgan fingerprint density at radius 1 is 1.08 bits per heavy atom. The summed E-state index contributed by atoms with van der Waals surface area (Å²) < 4.78 is 15.7. The molecule has 1 amide bonds. The summed E-state index contributed by atoms with van der Waals surface area (Å²) in [5.41, 5.74) is 1.87. The minimum Gasteiger partial charge on any atom is -0.497 e. The van der Waals surface area contributed by atoms with Gasteiger partial charge in [0.25, 0.3) is 5.91 Å². The molecule has 126 valence electrons. The van der Waals surface area contributed by atoms with Crippen molar-refractivity contribution in [2.75, 3.05) is 20.4 Å². The molecule has 0 aromatic heterocycles. The number of amides is 1. The highest BCUT2D eigenvalue weighted by Crippen LogP contribution is 2.32. The van der Waals surface area contributed by atoms with Crippen LogP contribution in [0.3, 0.4) is 0 Å². The molecular weight excluding hydrogens is 306 g/mol. The minimum absolute atomic E-state index is 0.0854. The van der Waals surface area contributed by atoms with E-state index in [4.69, 9.17) is 14.2 Å². The molecule has 2 aromatic rings. The molecule has 0 atom stereocenters. The van der Waals surface area contributed by atoms with Crippen molar-refractivity contribution in [1.82, 2.24) is 5.32 Å². The fourth-order valence-corrected chi connectivity index (χ4v) is 2.59. The quantitative estimate of drug-likeness (QED) is 0.794. The van der Waals surface area contributed by atoms with Crippen molar-refractivity contribution < 1.29 is 19.0 Å². The molecule has 0 fully saturated rings. The molecule has 0 unspecified atom stereocenters. The average molecular weight is 327 g/mol. The zero-order chi connectivity index (χ0) is 16.8. The van der Waals surface area contributed by atoms with Gasteiger partial charge in [0, 0.05) is 12.1 Å². The van der Waals surface area contributed by atoms with Gasteiger partial charge in [0.2, 0.25) is 6.79 Å². The van der Waals surface area contributed by atoms with Crippen molar-refractivity contribution in [2.24, 2.45) is 0 Å². The number of unbranched alkanes of at least 4 members (excludes halogenated alkanes) is 1. The third-order valence-corrected chi connectivity index (χ3v) is 3.97. The second kappa shape index (κ2) is 7.73. The molecule has 1 heterocycles. The number of aryl methyl sites for hydroxylation is 1. The van der Waals surface area contributed by atoms with E-state index in [1.54, 1.807) is 25.3 Å². The lowest BCUT2D eigenvalue weighted by molar-refractivity contribution is 0.0952. The van der Waals surface area contributed by atoms with Crippen molar-refractivity contribution >= 4 is 5.91 Å². The molecule has 0 spiro atoms. The van der Waals surface area contributed by atoms with E-state index in [-0.39, 0.29) is 12.7 Å². The number of hydrogen-bond acceptors (Lipinski definition) is 4. The Balaban J connectivity index is 1.39. The summed E-state index contributed by atoms with van der Waals surface area (Å²) >= 11 is 0. The van der Waals surface area contributed by atoms with E-state index in [0.29, 0.717) is 23.6 Å². The van der Waals surface area contributed by atoms with E-state index in [2.05, 4.69) is 17.4 Å². The lowest BCUT2D eigenvalue weighted by Gasteiger charge is -2.07. The van der Waals surface area contributed by atoms with Crippen molar-refractivity contribution in [3.63, 3.8) is 0 Å². The molecule has 1 aliphatic rings. The normalized spacial score (nSPS) is 12.0. The van der Waals surface area contributed by atoms with Gasteiger partial charge in [-0.2, -0.15) is 0 Å². The van der Waals surface area contributed by atoms with Crippen LogP contribution >= 0.6 is 0 Å². The average Bonchev–Trinajstić information content (AvgIpc) is 3.09. The van der Waals surface area contributed by atoms with Crippen LogP contribution in [0.25, 0.3) is 0 Å². The predicted molar refractivity (Wildman–Crippen MR) is 90.8 cm³/mol. The smallest absolute Gasteiger partial charge is 0.251 e. The second-order valence-corrected chi connectivity index (χ2v) is 5.63. The van der Waals surface area contributed by atoms with Crippen LogP contribution in [-0.2, 0) is 6.42 Å². The third-order valence-electron chi connectivity index (χ3n) is 3.97. The van der Waals surface area contributed by atoms with E-state index in [0.717, 1.165) is 25.0 Å². The summed E-state index contributed by atoms with van der Waals surface area (Å²) in [7, 11) is 1.66. The van der Waals surface area contributed by atoms with Crippen molar-refractivity contribution in [3.8, 4) is 17.2 Å². The van der Waals surface area contributed by atoms with Gasteiger partial charge in [0.1, 0.15) is 5.75 Å². The number of carbonyl (C=O) groups is 1. The lowest BCUT2D eigenvalue weighted by Crippen LogP contribution is -2.24. The first-order valence-corrected chi connectivity index (χ1v) is 8.07. The molecule has 0 aliphatic carbocycles. The highest BCUT2D eigenvalue weighted by atomic mass is 16.7. The number of benzene rings is 2. The van der Waals surface area contributed by atoms with Crippen LogP contribution in [0.5, 0.6) is 17.2 Å². The molecule has 24 heavy (non-hydrogen) atoms. The van der Waals surface area contributed by atoms with E-state index in [9.17, 15) is 4.79 Å². The summed E-state index contributed by atoms with van der Waals surface area (Å²) in [6.07, 6.45) is 2.94. The van der Waals surface area contributed by atoms with Gasteiger partial charge in [-0.15, -0.1) is 0 Å². The zero-order valence-corrected chi connectivity index (χ0v) is 13.7. The van der Waals surface area contributed by atoms with Crippen LogP contribution in [-0.4, -0.2) is 26.4 Å². The van der Waals surface area contributed by atoms with E-state index >= 15 is 0 Å². The van der Waals surface area contributed by atoms with Crippen LogP contribution in [0.4, 0.5) is 0 Å². The van der Waals surface area contributed by atoms with Crippen LogP contribution in [0.2, 0.25) is 0 Å². The fourth-order valence-electron chi connectivity index (χ4n) is 2.59. The van der Waals surface area contributed by atoms with Gasteiger partial charge in [-0.05, 0) is 55.2 Å². The molecule has 1 N–H and O–H groups in total. The third kappa shape index (κ3) is 3.98. The first-order valence-electron chi connectivity index (χ1n) is 8.07. The summed E-state index contributed by atoms with van der Waals surface area (Å²) in [5, 5.41) is 2.94.